The van der Waals surface area contributed by atoms with Gasteiger partial charge in [0.15, 0.2) is 0 Å². The Balaban J connectivity index is 1.74. The van der Waals surface area contributed by atoms with E-state index in [1.54, 1.807) is 31.4 Å². The van der Waals surface area contributed by atoms with Gasteiger partial charge in [-0.15, -0.1) is 0 Å². The van der Waals surface area contributed by atoms with Crippen molar-refractivity contribution in [3.63, 3.8) is 0 Å². The van der Waals surface area contributed by atoms with Crippen molar-refractivity contribution in [2.24, 2.45) is 0 Å². The molecule has 0 aromatic heterocycles. The van der Waals surface area contributed by atoms with Crippen molar-refractivity contribution in [2.45, 2.75) is 40.0 Å². The molecular formula is C29H30N2O3. The van der Waals surface area contributed by atoms with Crippen LogP contribution < -0.4 is 15.0 Å². The van der Waals surface area contributed by atoms with Crippen molar-refractivity contribution in [1.82, 2.24) is 0 Å². The third-order valence-corrected chi connectivity index (χ3v) is 5.97. The Labute approximate surface area is 201 Å². The minimum Gasteiger partial charge on any atom is -0.497 e. The highest BCUT2D eigenvalue weighted by Crippen LogP contribution is 2.34. The normalized spacial score (nSPS) is 13.6. The van der Waals surface area contributed by atoms with Crippen LogP contribution in [-0.4, -0.2) is 18.9 Å². The van der Waals surface area contributed by atoms with Crippen LogP contribution in [0, 0.1) is 13.8 Å². The van der Waals surface area contributed by atoms with Gasteiger partial charge in [0.05, 0.1) is 18.4 Å². The van der Waals surface area contributed by atoms with Crippen molar-refractivity contribution in [3.8, 4) is 5.75 Å². The van der Waals surface area contributed by atoms with E-state index < -0.39 is 0 Å². The van der Waals surface area contributed by atoms with E-state index in [9.17, 15) is 9.59 Å². The molecule has 0 bridgehead atoms. The van der Waals surface area contributed by atoms with Crippen LogP contribution in [0.4, 0.5) is 11.4 Å². The van der Waals surface area contributed by atoms with Crippen molar-refractivity contribution in [3.05, 3.63) is 94.7 Å². The average molecular weight is 455 g/mol. The Morgan fingerprint density at radius 3 is 2.09 bits per heavy atom. The lowest BCUT2D eigenvalue weighted by Crippen LogP contribution is -2.32. The second kappa shape index (κ2) is 9.96. The summed E-state index contributed by atoms with van der Waals surface area (Å²) in [7, 11) is 1.59. The molecule has 5 nitrogen and oxygen atoms in total. The molecular weight excluding hydrogens is 424 g/mol. The highest BCUT2D eigenvalue weighted by molar-refractivity contribution is 6.46. The summed E-state index contributed by atoms with van der Waals surface area (Å²) in [6.07, 6.45) is 3.20. The lowest BCUT2D eigenvalue weighted by atomic mass is 10.0. The third kappa shape index (κ3) is 4.74. The molecule has 0 atom stereocenters. The van der Waals surface area contributed by atoms with Crippen LogP contribution in [-0.2, 0) is 16.0 Å². The van der Waals surface area contributed by atoms with Crippen molar-refractivity contribution < 1.29 is 14.3 Å². The molecule has 0 unspecified atom stereocenters. The second-order valence-electron chi connectivity index (χ2n) is 8.70. The largest absolute Gasteiger partial charge is 0.497 e. The maximum Gasteiger partial charge on any atom is 0.282 e. The van der Waals surface area contributed by atoms with Crippen molar-refractivity contribution in [1.29, 1.82) is 0 Å². The molecule has 0 radical (unpaired) electrons. The predicted molar refractivity (Wildman–Crippen MR) is 137 cm³/mol. The molecule has 1 heterocycles. The average Bonchev–Trinajstić information content (AvgIpc) is 3.06. The Morgan fingerprint density at radius 1 is 0.853 bits per heavy atom. The van der Waals surface area contributed by atoms with Gasteiger partial charge >= 0.3 is 0 Å². The first-order chi connectivity index (χ1) is 16.4. The number of hydrogen-bond donors (Lipinski definition) is 1. The van der Waals surface area contributed by atoms with Gasteiger partial charge in [-0.1, -0.05) is 43.7 Å². The third-order valence-electron chi connectivity index (χ3n) is 5.97. The summed E-state index contributed by atoms with van der Waals surface area (Å²) < 4.78 is 5.26. The van der Waals surface area contributed by atoms with Gasteiger partial charge < -0.3 is 10.1 Å². The molecule has 5 heteroatoms. The SMILES string of the molecule is CCCCc1ccc(N2C(=O)C(Nc3cc(C)cc(C)c3)=C(c3ccc(OC)cc3)C2=O)cc1. The van der Waals surface area contributed by atoms with E-state index in [1.165, 1.54) is 10.5 Å². The zero-order valence-electron chi connectivity index (χ0n) is 20.1. The number of nitrogens with one attached hydrogen (secondary N) is 1. The Kier molecular flexibility index (Phi) is 6.82. The summed E-state index contributed by atoms with van der Waals surface area (Å²) >= 11 is 0. The first kappa shape index (κ1) is 23.3. The maximum absolute atomic E-state index is 13.6. The van der Waals surface area contributed by atoms with E-state index in [2.05, 4.69) is 18.3 Å². The van der Waals surface area contributed by atoms with E-state index in [0.717, 1.165) is 36.1 Å². The summed E-state index contributed by atoms with van der Waals surface area (Å²) in [4.78, 5) is 28.5. The van der Waals surface area contributed by atoms with Crippen LogP contribution >= 0.6 is 0 Å². The maximum atomic E-state index is 13.6. The monoisotopic (exact) mass is 454 g/mol. The van der Waals surface area contributed by atoms with Crippen molar-refractivity contribution in [2.75, 3.05) is 17.3 Å². The van der Waals surface area contributed by atoms with Crippen molar-refractivity contribution >= 4 is 28.8 Å². The number of methoxy groups -OCH3 is 1. The van der Waals surface area contributed by atoms with E-state index in [0.29, 0.717) is 22.6 Å². The zero-order valence-corrected chi connectivity index (χ0v) is 20.1. The molecule has 2 amide bonds. The predicted octanol–water partition coefficient (Wildman–Crippen LogP) is 6.05. The molecule has 34 heavy (non-hydrogen) atoms. The molecule has 0 spiro atoms. The molecule has 3 aromatic carbocycles. The lowest BCUT2D eigenvalue weighted by Gasteiger charge is -2.16. The fourth-order valence-electron chi connectivity index (χ4n) is 4.29. The molecule has 0 saturated heterocycles. The number of benzene rings is 3. The van der Waals surface area contributed by atoms with Gasteiger partial charge in [-0.05, 0) is 85.3 Å². The number of amides is 2. The molecule has 3 aromatic rings. The minimum atomic E-state index is -0.365. The minimum absolute atomic E-state index is 0.273. The molecule has 0 saturated carbocycles. The summed E-state index contributed by atoms with van der Waals surface area (Å²) in [6, 6.07) is 20.9. The standard InChI is InChI=1S/C29H30N2O3/c1-5-6-7-21-8-12-24(13-9-21)31-28(32)26(22-10-14-25(34-4)15-11-22)27(29(31)33)30-23-17-19(2)16-20(3)18-23/h8-18,30H,5-7H2,1-4H3. The van der Waals surface area contributed by atoms with Gasteiger partial charge in [0.25, 0.3) is 11.8 Å². The van der Waals surface area contributed by atoms with Crippen LogP contribution in [0.15, 0.2) is 72.4 Å². The highest BCUT2D eigenvalue weighted by atomic mass is 16.5. The zero-order chi connectivity index (χ0) is 24.2. The number of imide groups is 1. The molecule has 1 aliphatic rings. The summed E-state index contributed by atoms with van der Waals surface area (Å²) in [6.45, 7) is 6.17. The van der Waals surface area contributed by atoms with E-state index >= 15 is 0 Å². The van der Waals surface area contributed by atoms with E-state index in [1.807, 2.05) is 50.2 Å². The molecule has 4 rings (SSSR count). The molecule has 1 N–H and O–H groups in total. The molecule has 0 fully saturated rings. The van der Waals surface area contributed by atoms with Gasteiger partial charge in [0, 0.05) is 5.69 Å². The topological polar surface area (TPSA) is 58.6 Å². The fraction of sp³-hybridized carbons (Fsp3) is 0.241. The van der Waals surface area contributed by atoms with Gasteiger partial charge in [-0.3, -0.25) is 9.59 Å². The Bertz CT molecular complexity index is 1220. The number of aryl methyl sites for hydroxylation is 3. The molecule has 0 aliphatic carbocycles. The highest BCUT2D eigenvalue weighted by Gasteiger charge is 2.40. The molecule has 174 valence electrons. The summed E-state index contributed by atoms with van der Waals surface area (Å²) in [5.41, 5.74) is 5.97. The van der Waals surface area contributed by atoms with E-state index in [-0.39, 0.29) is 17.5 Å². The van der Waals surface area contributed by atoms with Gasteiger partial charge in [0.1, 0.15) is 11.4 Å². The van der Waals surface area contributed by atoms with Crippen LogP contribution in [0.2, 0.25) is 0 Å². The number of unbranched alkanes of at least 4 members (excludes halogenated alkanes) is 1. The lowest BCUT2D eigenvalue weighted by molar-refractivity contribution is -0.120. The van der Waals surface area contributed by atoms with Gasteiger partial charge in [-0.2, -0.15) is 0 Å². The van der Waals surface area contributed by atoms with Gasteiger partial charge in [-0.25, -0.2) is 4.90 Å². The van der Waals surface area contributed by atoms with Crippen LogP contribution in [0.5, 0.6) is 5.75 Å². The van der Waals surface area contributed by atoms with Gasteiger partial charge in [0.2, 0.25) is 0 Å². The number of ether oxygens (including phenoxy) is 1. The second-order valence-corrected chi connectivity index (χ2v) is 8.70. The summed E-state index contributed by atoms with van der Waals surface area (Å²) in [5, 5.41) is 3.26. The number of anilines is 2. The van der Waals surface area contributed by atoms with E-state index in [4.69, 9.17) is 4.74 Å². The molecule has 1 aliphatic heterocycles. The quantitative estimate of drug-likeness (QED) is 0.421. The van der Waals surface area contributed by atoms with Crippen LogP contribution in [0.1, 0.15) is 42.0 Å². The Morgan fingerprint density at radius 2 is 1.50 bits per heavy atom. The van der Waals surface area contributed by atoms with Crippen LogP contribution in [0.3, 0.4) is 0 Å². The fourth-order valence-corrected chi connectivity index (χ4v) is 4.29. The number of rotatable bonds is 8. The van der Waals surface area contributed by atoms with Crippen LogP contribution in [0.25, 0.3) is 5.57 Å². The number of carbonyl (C=O) groups is 2. The smallest absolute Gasteiger partial charge is 0.282 e. The first-order valence-corrected chi connectivity index (χ1v) is 11.6. The first-order valence-electron chi connectivity index (χ1n) is 11.6. The number of carbonyl (C=O) groups excluding carboxylic acids is 2. The number of hydrogen-bond acceptors (Lipinski definition) is 4. The Hall–Kier alpha value is -3.86. The number of nitrogens with zero attached hydrogens (tertiary/aromatic N) is 1. The summed E-state index contributed by atoms with van der Waals surface area (Å²) in [5.74, 6) is -0.0240.